The van der Waals surface area contributed by atoms with Crippen LogP contribution in [0.2, 0.25) is 0 Å². The molecule has 0 radical (unpaired) electrons. The Kier molecular flexibility index (Phi) is 5.68. The smallest absolute Gasteiger partial charge is 0.142 e. The van der Waals surface area contributed by atoms with Crippen molar-refractivity contribution in [2.75, 3.05) is 38.6 Å². The number of nitrogens with zero attached hydrogens (tertiary/aromatic N) is 1. The van der Waals surface area contributed by atoms with Gasteiger partial charge in [-0.3, -0.25) is 4.90 Å². The molecule has 0 amide bonds. The first-order valence-electron chi connectivity index (χ1n) is 7.50. The van der Waals surface area contributed by atoms with Crippen LogP contribution in [0.3, 0.4) is 0 Å². The summed E-state index contributed by atoms with van der Waals surface area (Å²) in [6.07, 6.45) is 2.37. The van der Waals surface area contributed by atoms with E-state index in [0.29, 0.717) is 0 Å². The molecule has 20 heavy (non-hydrogen) atoms. The predicted molar refractivity (Wildman–Crippen MR) is 82.2 cm³/mol. The minimum atomic E-state index is 0.157. The number of morpholine rings is 1. The number of nitrogen functional groups attached to an aromatic ring is 1. The molecule has 0 aromatic heterocycles. The third kappa shape index (κ3) is 4.69. The molecule has 1 aliphatic heterocycles. The molecule has 1 aromatic carbocycles. The van der Waals surface area contributed by atoms with E-state index in [0.717, 1.165) is 57.1 Å². The van der Waals surface area contributed by atoms with Crippen LogP contribution in [0.4, 0.5) is 5.69 Å². The molecule has 1 fully saturated rings. The molecule has 1 aromatic rings. The summed E-state index contributed by atoms with van der Waals surface area (Å²) >= 11 is 0. The lowest BCUT2D eigenvalue weighted by molar-refractivity contribution is 0.0375. The van der Waals surface area contributed by atoms with Crippen LogP contribution in [0.1, 0.15) is 25.8 Å². The molecule has 1 heterocycles. The van der Waals surface area contributed by atoms with E-state index in [2.05, 4.69) is 11.0 Å². The molecule has 4 nitrogen and oxygen atoms in total. The topological polar surface area (TPSA) is 47.7 Å². The maximum atomic E-state index is 6.03. The van der Waals surface area contributed by atoms with E-state index in [-0.39, 0.29) is 6.10 Å². The van der Waals surface area contributed by atoms with E-state index >= 15 is 0 Å². The van der Waals surface area contributed by atoms with Crippen molar-refractivity contribution >= 4 is 5.69 Å². The highest BCUT2D eigenvalue weighted by Crippen LogP contribution is 2.24. The largest absolute Gasteiger partial charge is 0.489 e. The Bertz CT molecular complexity index is 415. The fourth-order valence-corrected chi connectivity index (χ4v) is 2.45. The summed E-state index contributed by atoms with van der Waals surface area (Å²) in [4.78, 5) is 2.46. The summed E-state index contributed by atoms with van der Waals surface area (Å²) in [7, 11) is 0. The Morgan fingerprint density at radius 2 is 2.05 bits per heavy atom. The Hall–Kier alpha value is -1.26. The Morgan fingerprint density at radius 1 is 1.30 bits per heavy atom. The van der Waals surface area contributed by atoms with Gasteiger partial charge in [0.2, 0.25) is 0 Å². The van der Waals surface area contributed by atoms with Gasteiger partial charge < -0.3 is 15.2 Å². The molecule has 1 aliphatic rings. The first-order valence-corrected chi connectivity index (χ1v) is 7.50. The monoisotopic (exact) mass is 278 g/mol. The van der Waals surface area contributed by atoms with Gasteiger partial charge in [0, 0.05) is 13.1 Å². The van der Waals surface area contributed by atoms with Gasteiger partial charge in [0.25, 0.3) is 0 Å². The summed E-state index contributed by atoms with van der Waals surface area (Å²) in [6.45, 7) is 9.01. The molecule has 1 saturated heterocycles. The first kappa shape index (κ1) is 15.1. The van der Waals surface area contributed by atoms with Crippen molar-refractivity contribution in [3.8, 4) is 5.75 Å². The maximum Gasteiger partial charge on any atom is 0.142 e. The van der Waals surface area contributed by atoms with Crippen molar-refractivity contribution in [1.82, 2.24) is 4.90 Å². The van der Waals surface area contributed by atoms with Crippen molar-refractivity contribution < 1.29 is 9.47 Å². The zero-order valence-corrected chi connectivity index (χ0v) is 12.6. The van der Waals surface area contributed by atoms with Gasteiger partial charge in [0.15, 0.2) is 0 Å². The molecular weight excluding hydrogens is 252 g/mol. The van der Waals surface area contributed by atoms with E-state index in [1.807, 2.05) is 26.0 Å². The predicted octanol–water partition coefficient (Wildman–Crippen LogP) is 2.32. The number of aryl methyl sites for hydroxylation is 1. The first-order chi connectivity index (χ1) is 9.65. The molecule has 2 N–H and O–H groups in total. The SMILES string of the molecule is CC(C)Oc1ccc(CCCN2CCOCC2)cc1N. The number of ether oxygens (including phenoxy) is 2. The van der Waals surface area contributed by atoms with E-state index in [1.165, 1.54) is 5.56 Å². The summed E-state index contributed by atoms with van der Waals surface area (Å²) in [5.74, 6) is 0.789. The standard InChI is InChI=1S/C16H26N2O2/c1-13(2)20-16-6-5-14(12-15(16)17)4-3-7-18-8-10-19-11-9-18/h5-6,12-13H,3-4,7-11,17H2,1-2H3. The van der Waals surface area contributed by atoms with Gasteiger partial charge in [-0.1, -0.05) is 6.07 Å². The lowest BCUT2D eigenvalue weighted by Crippen LogP contribution is -2.36. The fourth-order valence-electron chi connectivity index (χ4n) is 2.45. The summed E-state index contributed by atoms with van der Waals surface area (Å²) in [6, 6.07) is 6.14. The van der Waals surface area contributed by atoms with Crippen molar-refractivity contribution in [3.05, 3.63) is 23.8 Å². The molecule has 112 valence electrons. The van der Waals surface area contributed by atoms with Gasteiger partial charge in [-0.25, -0.2) is 0 Å². The number of anilines is 1. The van der Waals surface area contributed by atoms with Crippen LogP contribution in [-0.2, 0) is 11.2 Å². The molecule has 2 rings (SSSR count). The molecule has 0 saturated carbocycles. The number of nitrogens with two attached hydrogens (primary N) is 1. The third-order valence-corrected chi connectivity index (χ3v) is 3.48. The second-order valence-electron chi connectivity index (χ2n) is 5.60. The third-order valence-electron chi connectivity index (χ3n) is 3.48. The zero-order valence-electron chi connectivity index (χ0n) is 12.6. The quantitative estimate of drug-likeness (QED) is 0.811. The average Bonchev–Trinajstić information content (AvgIpc) is 2.43. The Balaban J connectivity index is 1.79. The Labute approximate surface area is 121 Å². The highest BCUT2D eigenvalue weighted by atomic mass is 16.5. The summed E-state index contributed by atoms with van der Waals surface area (Å²) in [5.41, 5.74) is 8.05. The van der Waals surface area contributed by atoms with Crippen molar-refractivity contribution in [1.29, 1.82) is 0 Å². The Morgan fingerprint density at radius 3 is 2.70 bits per heavy atom. The molecule has 0 aliphatic carbocycles. The van der Waals surface area contributed by atoms with Crippen LogP contribution in [0.5, 0.6) is 5.75 Å². The molecular formula is C16H26N2O2. The van der Waals surface area contributed by atoms with E-state index in [4.69, 9.17) is 15.2 Å². The van der Waals surface area contributed by atoms with Crippen molar-refractivity contribution in [3.63, 3.8) is 0 Å². The minimum absolute atomic E-state index is 0.157. The van der Waals surface area contributed by atoms with E-state index in [1.54, 1.807) is 0 Å². The van der Waals surface area contributed by atoms with Crippen LogP contribution in [0.15, 0.2) is 18.2 Å². The molecule has 0 bridgehead atoms. The lowest BCUT2D eigenvalue weighted by Gasteiger charge is -2.26. The lowest BCUT2D eigenvalue weighted by atomic mass is 10.1. The normalized spacial score (nSPS) is 16.6. The van der Waals surface area contributed by atoms with Crippen LogP contribution >= 0.6 is 0 Å². The second-order valence-corrected chi connectivity index (χ2v) is 5.60. The molecule has 0 unspecified atom stereocenters. The minimum Gasteiger partial charge on any atom is -0.489 e. The molecule has 0 atom stereocenters. The number of hydrogen-bond acceptors (Lipinski definition) is 4. The van der Waals surface area contributed by atoms with Gasteiger partial charge in [0.05, 0.1) is 25.0 Å². The number of benzene rings is 1. The van der Waals surface area contributed by atoms with Crippen LogP contribution in [-0.4, -0.2) is 43.9 Å². The maximum absolute atomic E-state index is 6.03. The number of rotatable bonds is 6. The zero-order chi connectivity index (χ0) is 14.4. The van der Waals surface area contributed by atoms with E-state index in [9.17, 15) is 0 Å². The summed E-state index contributed by atoms with van der Waals surface area (Å²) < 4.78 is 11.0. The van der Waals surface area contributed by atoms with Gasteiger partial charge in [-0.15, -0.1) is 0 Å². The second kappa shape index (κ2) is 7.50. The fraction of sp³-hybridized carbons (Fsp3) is 0.625. The average molecular weight is 278 g/mol. The van der Waals surface area contributed by atoms with Gasteiger partial charge >= 0.3 is 0 Å². The van der Waals surface area contributed by atoms with Gasteiger partial charge in [0.1, 0.15) is 5.75 Å². The van der Waals surface area contributed by atoms with Gasteiger partial charge in [-0.05, 0) is 50.9 Å². The molecule has 0 spiro atoms. The van der Waals surface area contributed by atoms with Crippen LogP contribution < -0.4 is 10.5 Å². The van der Waals surface area contributed by atoms with Crippen LogP contribution in [0.25, 0.3) is 0 Å². The highest BCUT2D eigenvalue weighted by molar-refractivity contribution is 5.54. The summed E-state index contributed by atoms with van der Waals surface area (Å²) in [5, 5.41) is 0. The van der Waals surface area contributed by atoms with E-state index < -0.39 is 0 Å². The van der Waals surface area contributed by atoms with Gasteiger partial charge in [-0.2, -0.15) is 0 Å². The van der Waals surface area contributed by atoms with Crippen molar-refractivity contribution in [2.45, 2.75) is 32.8 Å². The van der Waals surface area contributed by atoms with Crippen molar-refractivity contribution in [2.24, 2.45) is 0 Å². The number of hydrogen-bond donors (Lipinski definition) is 1. The highest BCUT2D eigenvalue weighted by Gasteiger charge is 2.10. The van der Waals surface area contributed by atoms with Crippen LogP contribution in [0, 0.1) is 0 Å². The molecule has 4 heteroatoms.